The number of anilines is 1. The van der Waals surface area contributed by atoms with Crippen molar-refractivity contribution in [1.29, 1.82) is 0 Å². The molecule has 0 bridgehead atoms. The van der Waals surface area contributed by atoms with E-state index in [0.29, 0.717) is 11.3 Å². The van der Waals surface area contributed by atoms with Crippen LogP contribution in [0.3, 0.4) is 0 Å². The van der Waals surface area contributed by atoms with Crippen LogP contribution in [0.5, 0.6) is 0 Å². The molecular weight excluding hydrogens is 250 g/mol. The lowest BCUT2D eigenvalue weighted by Crippen LogP contribution is -1.98. The SMILES string of the molecule is CCCCCCCCc1cc(N)c2oc(=O)ccc2c1. The van der Waals surface area contributed by atoms with E-state index >= 15 is 0 Å². The molecule has 2 N–H and O–H groups in total. The van der Waals surface area contributed by atoms with Gasteiger partial charge in [0.15, 0.2) is 5.58 Å². The third kappa shape index (κ3) is 3.86. The number of hydrogen-bond donors (Lipinski definition) is 1. The summed E-state index contributed by atoms with van der Waals surface area (Å²) in [4.78, 5) is 11.2. The first-order valence-electron chi connectivity index (χ1n) is 7.53. The Morgan fingerprint density at radius 3 is 2.60 bits per heavy atom. The van der Waals surface area contributed by atoms with E-state index in [4.69, 9.17) is 10.2 Å². The second kappa shape index (κ2) is 7.13. The zero-order valence-electron chi connectivity index (χ0n) is 12.2. The smallest absolute Gasteiger partial charge is 0.336 e. The van der Waals surface area contributed by atoms with Gasteiger partial charge in [-0.1, -0.05) is 39.0 Å². The molecule has 108 valence electrons. The summed E-state index contributed by atoms with van der Waals surface area (Å²) in [5.74, 6) is 0. The summed E-state index contributed by atoms with van der Waals surface area (Å²) in [6.07, 6.45) is 8.75. The Morgan fingerprint density at radius 1 is 1.05 bits per heavy atom. The Morgan fingerprint density at radius 2 is 1.80 bits per heavy atom. The van der Waals surface area contributed by atoms with Gasteiger partial charge in [0.05, 0.1) is 5.69 Å². The highest BCUT2D eigenvalue weighted by Gasteiger charge is 2.04. The van der Waals surface area contributed by atoms with Crippen molar-refractivity contribution in [3.63, 3.8) is 0 Å². The summed E-state index contributed by atoms with van der Waals surface area (Å²) >= 11 is 0. The first-order valence-corrected chi connectivity index (χ1v) is 7.53. The van der Waals surface area contributed by atoms with Crippen molar-refractivity contribution in [1.82, 2.24) is 0 Å². The summed E-state index contributed by atoms with van der Waals surface area (Å²) in [6, 6.07) is 7.22. The lowest BCUT2D eigenvalue weighted by atomic mass is 10.0. The van der Waals surface area contributed by atoms with E-state index in [1.54, 1.807) is 6.07 Å². The monoisotopic (exact) mass is 273 g/mol. The number of nitrogen functional groups attached to an aromatic ring is 1. The lowest BCUT2D eigenvalue weighted by Gasteiger charge is -2.06. The van der Waals surface area contributed by atoms with Gasteiger partial charge < -0.3 is 10.2 Å². The van der Waals surface area contributed by atoms with E-state index in [-0.39, 0.29) is 5.63 Å². The number of nitrogens with two attached hydrogens (primary N) is 1. The molecule has 0 saturated carbocycles. The summed E-state index contributed by atoms with van der Waals surface area (Å²) < 4.78 is 5.14. The fraction of sp³-hybridized carbons (Fsp3) is 0.471. The minimum Gasteiger partial charge on any atom is -0.421 e. The lowest BCUT2D eigenvalue weighted by molar-refractivity contribution is 0.562. The second-order valence-electron chi connectivity index (χ2n) is 5.38. The first-order chi connectivity index (χ1) is 9.70. The molecule has 0 aliphatic heterocycles. The maximum Gasteiger partial charge on any atom is 0.336 e. The average molecular weight is 273 g/mol. The van der Waals surface area contributed by atoms with Crippen molar-refractivity contribution < 1.29 is 4.42 Å². The maximum absolute atomic E-state index is 11.2. The van der Waals surface area contributed by atoms with Crippen LogP contribution in [0.15, 0.2) is 33.5 Å². The predicted molar refractivity (Wildman–Crippen MR) is 84.0 cm³/mol. The number of unbranched alkanes of at least 4 members (excludes halogenated alkanes) is 5. The molecule has 3 heteroatoms. The third-order valence-electron chi connectivity index (χ3n) is 3.63. The van der Waals surface area contributed by atoms with Gasteiger partial charge in [0.2, 0.25) is 0 Å². The summed E-state index contributed by atoms with van der Waals surface area (Å²) in [6.45, 7) is 2.23. The van der Waals surface area contributed by atoms with Gasteiger partial charge >= 0.3 is 5.63 Å². The molecule has 0 unspecified atom stereocenters. The number of aryl methyl sites for hydroxylation is 1. The van der Waals surface area contributed by atoms with E-state index in [0.717, 1.165) is 11.8 Å². The minimum atomic E-state index is -0.354. The normalized spacial score (nSPS) is 11.1. The van der Waals surface area contributed by atoms with E-state index in [1.165, 1.54) is 50.2 Å². The topological polar surface area (TPSA) is 56.2 Å². The Bertz CT molecular complexity index is 616. The van der Waals surface area contributed by atoms with E-state index in [1.807, 2.05) is 6.07 Å². The molecule has 0 amide bonds. The number of rotatable bonds is 7. The largest absolute Gasteiger partial charge is 0.421 e. The molecule has 1 aromatic heterocycles. The van der Waals surface area contributed by atoms with Crippen LogP contribution < -0.4 is 11.4 Å². The number of benzene rings is 1. The number of fused-ring (bicyclic) bond motifs is 1. The van der Waals surface area contributed by atoms with Crippen molar-refractivity contribution in [2.24, 2.45) is 0 Å². The van der Waals surface area contributed by atoms with Crippen molar-refractivity contribution in [3.8, 4) is 0 Å². The minimum absolute atomic E-state index is 0.354. The summed E-state index contributed by atoms with van der Waals surface area (Å²) in [5.41, 5.74) is 7.89. The van der Waals surface area contributed by atoms with Crippen molar-refractivity contribution in [2.75, 3.05) is 5.73 Å². The second-order valence-corrected chi connectivity index (χ2v) is 5.38. The van der Waals surface area contributed by atoms with E-state index in [9.17, 15) is 4.79 Å². The van der Waals surface area contributed by atoms with Gasteiger partial charge in [-0.3, -0.25) is 0 Å². The van der Waals surface area contributed by atoms with Gasteiger partial charge in [-0.2, -0.15) is 0 Å². The van der Waals surface area contributed by atoms with Gasteiger partial charge in [-0.05, 0) is 36.6 Å². The molecule has 0 saturated heterocycles. The van der Waals surface area contributed by atoms with E-state index in [2.05, 4.69) is 13.0 Å². The molecule has 1 heterocycles. The van der Waals surface area contributed by atoms with Crippen LogP contribution in [0.4, 0.5) is 5.69 Å². The quantitative estimate of drug-likeness (QED) is 0.465. The van der Waals surface area contributed by atoms with Gasteiger partial charge in [-0.25, -0.2) is 4.79 Å². The zero-order chi connectivity index (χ0) is 14.4. The Balaban J connectivity index is 1.97. The summed E-state index contributed by atoms with van der Waals surface area (Å²) in [5, 5.41) is 0.908. The molecule has 0 radical (unpaired) electrons. The molecule has 0 atom stereocenters. The van der Waals surface area contributed by atoms with Gasteiger partial charge in [0.25, 0.3) is 0 Å². The molecule has 1 aromatic carbocycles. The molecular formula is C17H23NO2. The van der Waals surface area contributed by atoms with Crippen LogP contribution in [0.1, 0.15) is 51.0 Å². The highest BCUT2D eigenvalue weighted by Crippen LogP contribution is 2.23. The van der Waals surface area contributed by atoms with Crippen molar-refractivity contribution >= 4 is 16.7 Å². The highest BCUT2D eigenvalue weighted by molar-refractivity contribution is 5.87. The Hall–Kier alpha value is -1.77. The predicted octanol–water partition coefficient (Wildman–Crippen LogP) is 4.28. The molecule has 3 nitrogen and oxygen atoms in total. The van der Waals surface area contributed by atoms with Crippen molar-refractivity contribution in [3.05, 3.63) is 40.2 Å². The number of hydrogen-bond acceptors (Lipinski definition) is 3. The van der Waals surface area contributed by atoms with Crippen LogP contribution in [0.25, 0.3) is 11.0 Å². The molecule has 0 aliphatic rings. The maximum atomic E-state index is 11.2. The average Bonchev–Trinajstić information content (AvgIpc) is 2.43. The highest BCUT2D eigenvalue weighted by atomic mass is 16.4. The first kappa shape index (κ1) is 14.6. The molecule has 2 rings (SSSR count). The Labute approximate surface area is 119 Å². The molecule has 20 heavy (non-hydrogen) atoms. The van der Waals surface area contributed by atoms with Gasteiger partial charge in [0, 0.05) is 11.5 Å². The third-order valence-corrected chi connectivity index (χ3v) is 3.63. The molecule has 0 aliphatic carbocycles. The molecule has 0 fully saturated rings. The molecule has 2 aromatic rings. The Kier molecular flexibility index (Phi) is 5.22. The van der Waals surface area contributed by atoms with Crippen LogP contribution in [-0.2, 0) is 6.42 Å². The molecule has 0 spiro atoms. The standard InChI is InChI=1S/C17H23NO2/c1-2-3-4-5-6-7-8-13-11-14-9-10-16(19)20-17(14)15(18)12-13/h9-12H,2-8,18H2,1H3. The van der Waals surface area contributed by atoms with Crippen LogP contribution in [-0.4, -0.2) is 0 Å². The fourth-order valence-corrected chi connectivity index (χ4v) is 2.53. The van der Waals surface area contributed by atoms with E-state index < -0.39 is 0 Å². The van der Waals surface area contributed by atoms with Crippen LogP contribution >= 0.6 is 0 Å². The van der Waals surface area contributed by atoms with Gasteiger partial charge in [0.1, 0.15) is 0 Å². The van der Waals surface area contributed by atoms with Crippen LogP contribution in [0, 0.1) is 0 Å². The van der Waals surface area contributed by atoms with Gasteiger partial charge in [-0.15, -0.1) is 0 Å². The summed E-state index contributed by atoms with van der Waals surface area (Å²) in [7, 11) is 0. The fourth-order valence-electron chi connectivity index (χ4n) is 2.53. The van der Waals surface area contributed by atoms with Crippen LogP contribution in [0.2, 0.25) is 0 Å². The van der Waals surface area contributed by atoms with Crippen molar-refractivity contribution in [2.45, 2.75) is 51.9 Å². The zero-order valence-corrected chi connectivity index (χ0v) is 12.2.